The van der Waals surface area contributed by atoms with E-state index in [2.05, 4.69) is 9.71 Å². The lowest BCUT2D eigenvalue weighted by molar-refractivity contribution is 0.600. The van der Waals surface area contributed by atoms with Gasteiger partial charge in [-0.05, 0) is 36.8 Å². The molecule has 0 aliphatic heterocycles. The molecule has 0 fully saturated rings. The lowest BCUT2D eigenvalue weighted by atomic mass is 10.2. The van der Waals surface area contributed by atoms with E-state index in [4.69, 9.17) is 11.0 Å². The van der Waals surface area contributed by atoms with Crippen molar-refractivity contribution in [3.63, 3.8) is 0 Å². The summed E-state index contributed by atoms with van der Waals surface area (Å²) in [6.45, 7) is 1.73. The summed E-state index contributed by atoms with van der Waals surface area (Å²) in [4.78, 5) is 3.72. The van der Waals surface area contributed by atoms with E-state index in [-0.39, 0.29) is 10.6 Å². The molecule has 6 nitrogen and oxygen atoms in total. The van der Waals surface area contributed by atoms with Crippen molar-refractivity contribution in [3.05, 3.63) is 47.8 Å². The molecule has 0 aliphatic rings. The highest BCUT2D eigenvalue weighted by Gasteiger charge is 2.16. The number of anilines is 2. The minimum atomic E-state index is -3.76. The second-order valence-electron chi connectivity index (χ2n) is 4.12. The van der Waals surface area contributed by atoms with Crippen molar-refractivity contribution in [2.24, 2.45) is 0 Å². The van der Waals surface area contributed by atoms with Crippen LogP contribution in [0.5, 0.6) is 0 Å². The first kappa shape index (κ1) is 13.8. The van der Waals surface area contributed by atoms with Crippen LogP contribution in [-0.4, -0.2) is 13.4 Å². The normalized spacial score (nSPS) is 10.8. The van der Waals surface area contributed by atoms with Crippen molar-refractivity contribution in [2.45, 2.75) is 11.8 Å². The number of pyridine rings is 1. The first-order valence-electron chi connectivity index (χ1n) is 5.68. The number of rotatable bonds is 3. The van der Waals surface area contributed by atoms with Crippen LogP contribution in [0.2, 0.25) is 0 Å². The van der Waals surface area contributed by atoms with Crippen LogP contribution in [-0.2, 0) is 10.0 Å². The van der Waals surface area contributed by atoms with E-state index in [9.17, 15) is 8.42 Å². The molecule has 0 bridgehead atoms. The molecule has 0 saturated carbocycles. The lowest BCUT2D eigenvalue weighted by Crippen LogP contribution is -2.14. The molecule has 1 heterocycles. The topological polar surface area (TPSA) is 109 Å². The summed E-state index contributed by atoms with van der Waals surface area (Å²) in [5, 5.41) is 8.64. The van der Waals surface area contributed by atoms with Crippen LogP contribution >= 0.6 is 0 Å². The largest absolute Gasteiger partial charge is 0.398 e. The van der Waals surface area contributed by atoms with Gasteiger partial charge < -0.3 is 5.73 Å². The number of nitrogens with zero attached hydrogens (tertiary/aromatic N) is 2. The number of nitrogens with two attached hydrogens (primary N) is 1. The number of hydrogen-bond donors (Lipinski definition) is 2. The van der Waals surface area contributed by atoms with Crippen molar-refractivity contribution in [1.82, 2.24) is 4.98 Å². The zero-order valence-electron chi connectivity index (χ0n) is 10.7. The number of benzene rings is 1. The van der Waals surface area contributed by atoms with Gasteiger partial charge in [-0.25, -0.2) is 13.4 Å². The Kier molecular flexibility index (Phi) is 3.59. The quantitative estimate of drug-likeness (QED) is 0.834. The van der Waals surface area contributed by atoms with Gasteiger partial charge in [0, 0.05) is 11.9 Å². The van der Waals surface area contributed by atoms with Gasteiger partial charge in [-0.15, -0.1) is 0 Å². The van der Waals surface area contributed by atoms with Crippen LogP contribution in [0.1, 0.15) is 11.3 Å². The fourth-order valence-electron chi connectivity index (χ4n) is 1.57. The molecule has 0 saturated heterocycles. The number of nitriles is 1. The Balaban J connectivity index is 2.36. The molecule has 20 heavy (non-hydrogen) atoms. The molecule has 3 N–H and O–H groups in total. The van der Waals surface area contributed by atoms with Gasteiger partial charge in [-0.1, -0.05) is 6.07 Å². The minimum absolute atomic E-state index is 0.0154. The first-order valence-corrected chi connectivity index (χ1v) is 7.16. The third-order valence-electron chi connectivity index (χ3n) is 2.78. The number of sulfonamides is 1. The van der Waals surface area contributed by atoms with Crippen molar-refractivity contribution in [1.29, 1.82) is 5.26 Å². The van der Waals surface area contributed by atoms with E-state index < -0.39 is 10.0 Å². The molecule has 2 rings (SSSR count). The molecule has 0 spiro atoms. The maximum Gasteiger partial charge on any atom is 0.263 e. The van der Waals surface area contributed by atoms with E-state index in [0.717, 1.165) is 6.20 Å². The molecular formula is C13H12N4O2S. The summed E-state index contributed by atoms with van der Waals surface area (Å²) in [6.07, 6.45) is 1.14. The third kappa shape index (κ3) is 2.70. The van der Waals surface area contributed by atoms with Gasteiger partial charge >= 0.3 is 0 Å². The minimum Gasteiger partial charge on any atom is -0.398 e. The summed E-state index contributed by atoms with van der Waals surface area (Å²) in [5.41, 5.74) is 7.45. The average Bonchev–Trinajstić information content (AvgIpc) is 2.44. The van der Waals surface area contributed by atoms with Gasteiger partial charge in [0.2, 0.25) is 0 Å². The number of nitrogens with one attached hydrogen (secondary N) is 1. The molecule has 1 aromatic heterocycles. The Bertz CT molecular complexity index is 777. The van der Waals surface area contributed by atoms with Crippen LogP contribution in [0.15, 0.2) is 41.4 Å². The van der Waals surface area contributed by atoms with Crippen LogP contribution in [0.3, 0.4) is 0 Å². The number of hydrogen-bond acceptors (Lipinski definition) is 5. The monoisotopic (exact) mass is 288 g/mol. The van der Waals surface area contributed by atoms with Gasteiger partial charge in [0.1, 0.15) is 16.7 Å². The van der Waals surface area contributed by atoms with Crippen LogP contribution < -0.4 is 10.5 Å². The predicted molar refractivity (Wildman–Crippen MR) is 75.4 cm³/mol. The lowest BCUT2D eigenvalue weighted by Gasteiger charge is -2.11. The van der Waals surface area contributed by atoms with Gasteiger partial charge in [0.15, 0.2) is 0 Å². The summed E-state index contributed by atoms with van der Waals surface area (Å²) in [6, 6.07) is 9.49. The summed E-state index contributed by atoms with van der Waals surface area (Å²) < 4.78 is 26.8. The molecule has 0 unspecified atom stereocenters. The smallest absolute Gasteiger partial charge is 0.263 e. The van der Waals surface area contributed by atoms with E-state index in [1.54, 1.807) is 25.1 Å². The Morgan fingerprint density at radius 1 is 1.30 bits per heavy atom. The van der Waals surface area contributed by atoms with Gasteiger partial charge in [-0.3, -0.25) is 4.72 Å². The van der Waals surface area contributed by atoms with Gasteiger partial charge in [0.25, 0.3) is 10.0 Å². The van der Waals surface area contributed by atoms with Crippen LogP contribution in [0, 0.1) is 18.3 Å². The third-order valence-corrected chi connectivity index (χ3v) is 4.13. The summed E-state index contributed by atoms with van der Waals surface area (Å²) in [7, 11) is -3.76. The Labute approximate surface area is 116 Å². The van der Waals surface area contributed by atoms with Crippen molar-refractivity contribution in [2.75, 3.05) is 10.5 Å². The fourth-order valence-corrected chi connectivity index (χ4v) is 2.64. The van der Waals surface area contributed by atoms with E-state index in [1.165, 1.54) is 12.1 Å². The molecule has 0 atom stereocenters. The zero-order chi connectivity index (χ0) is 14.8. The first-order chi connectivity index (χ1) is 9.44. The molecular weight excluding hydrogens is 276 g/mol. The maximum atomic E-state index is 12.2. The highest BCUT2D eigenvalue weighted by atomic mass is 32.2. The Hall–Kier alpha value is -2.59. The second kappa shape index (κ2) is 5.19. The standard InChI is InChI=1S/C13H12N4O2S/c1-9-12(15)3-2-4-13(9)17-20(18,19)11-6-5-10(7-14)16-8-11/h2-6,8,17H,15H2,1H3. The Morgan fingerprint density at radius 3 is 2.65 bits per heavy atom. The molecule has 0 amide bonds. The van der Waals surface area contributed by atoms with E-state index in [0.29, 0.717) is 16.9 Å². The van der Waals surface area contributed by atoms with E-state index >= 15 is 0 Å². The number of nitrogen functional groups attached to an aromatic ring is 1. The second-order valence-corrected chi connectivity index (χ2v) is 5.80. The highest BCUT2D eigenvalue weighted by molar-refractivity contribution is 7.92. The number of aromatic nitrogens is 1. The zero-order valence-corrected chi connectivity index (χ0v) is 11.5. The SMILES string of the molecule is Cc1c(N)cccc1NS(=O)(=O)c1ccc(C#N)nc1. The molecule has 7 heteroatoms. The fraction of sp³-hybridized carbons (Fsp3) is 0.0769. The van der Waals surface area contributed by atoms with Gasteiger partial charge in [0.05, 0.1) is 5.69 Å². The average molecular weight is 288 g/mol. The van der Waals surface area contributed by atoms with E-state index in [1.807, 2.05) is 6.07 Å². The maximum absolute atomic E-state index is 12.2. The molecule has 1 aromatic carbocycles. The molecule has 0 radical (unpaired) electrons. The van der Waals surface area contributed by atoms with Crippen molar-refractivity contribution < 1.29 is 8.42 Å². The van der Waals surface area contributed by atoms with Crippen molar-refractivity contribution in [3.8, 4) is 6.07 Å². The van der Waals surface area contributed by atoms with Crippen LogP contribution in [0.4, 0.5) is 11.4 Å². The Morgan fingerprint density at radius 2 is 2.05 bits per heavy atom. The highest BCUT2D eigenvalue weighted by Crippen LogP contribution is 2.23. The van der Waals surface area contributed by atoms with Crippen molar-refractivity contribution >= 4 is 21.4 Å². The molecule has 0 aliphatic carbocycles. The summed E-state index contributed by atoms with van der Waals surface area (Å²) >= 11 is 0. The van der Waals surface area contributed by atoms with Crippen LogP contribution in [0.25, 0.3) is 0 Å². The van der Waals surface area contributed by atoms with Gasteiger partial charge in [-0.2, -0.15) is 5.26 Å². The predicted octanol–water partition coefficient (Wildman–Crippen LogP) is 1.64. The molecule has 2 aromatic rings. The summed E-state index contributed by atoms with van der Waals surface area (Å²) in [5.74, 6) is 0. The molecule has 102 valence electrons.